The number of rotatable bonds is 2. The van der Waals surface area contributed by atoms with Gasteiger partial charge in [0, 0.05) is 30.1 Å². The van der Waals surface area contributed by atoms with E-state index in [0.717, 1.165) is 6.54 Å². The molecule has 2 N–H and O–H groups in total. The molecule has 1 aliphatic carbocycles. The molecule has 116 valence electrons. The van der Waals surface area contributed by atoms with Crippen LogP contribution in [0.15, 0.2) is 24.3 Å². The second-order valence-electron chi connectivity index (χ2n) is 7.09. The molecule has 1 aliphatic heterocycles. The Labute approximate surface area is 133 Å². The van der Waals surface area contributed by atoms with Crippen LogP contribution in [0, 0.1) is 0 Å². The fraction of sp³-hybridized carbons (Fsp3) is 0.667. The number of hydrogen-bond acceptors (Lipinski definition) is 3. The van der Waals surface area contributed by atoms with Gasteiger partial charge < -0.3 is 5.73 Å². The van der Waals surface area contributed by atoms with E-state index in [1.165, 1.54) is 55.7 Å². The maximum absolute atomic E-state index is 6.35. The Morgan fingerprint density at radius 1 is 1.19 bits per heavy atom. The van der Waals surface area contributed by atoms with Gasteiger partial charge in [0.15, 0.2) is 0 Å². The van der Waals surface area contributed by atoms with Crippen LogP contribution in [0.4, 0.5) is 0 Å². The third-order valence-electron chi connectivity index (χ3n) is 5.34. The van der Waals surface area contributed by atoms with E-state index in [4.69, 9.17) is 5.73 Å². The molecule has 0 saturated carbocycles. The highest BCUT2D eigenvalue weighted by Gasteiger charge is 2.41. The van der Waals surface area contributed by atoms with Crippen molar-refractivity contribution in [3.8, 4) is 0 Å². The summed E-state index contributed by atoms with van der Waals surface area (Å²) in [6.45, 7) is 7.84. The zero-order valence-electron chi connectivity index (χ0n) is 13.4. The van der Waals surface area contributed by atoms with Crippen molar-refractivity contribution in [2.75, 3.05) is 25.4 Å². The molecule has 0 bridgehead atoms. The molecular formula is C18H28N2S. The molecule has 3 heteroatoms. The predicted molar refractivity (Wildman–Crippen MR) is 92.8 cm³/mol. The summed E-state index contributed by atoms with van der Waals surface area (Å²) in [5.74, 6) is 1.22. The van der Waals surface area contributed by atoms with Crippen LogP contribution < -0.4 is 5.73 Å². The van der Waals surface area contributed by atoms with Gasteiger partial charge in [-0.05, 0) is 36.8 Å². The first-order valence-electron chi connectivity index (χ1n) is 8.25. The van der Waals surface area contributed by atoms with Gasteiger partial charge in [0.1, 0.15) is 0 Å². The summed E-state index contributed by atoms with van der Waals surface area (Å²) in [6.07, 6.45) is 4.94. The first-order chi connectivity index (χ1) is 10.1. The lowest BCUT2D eigenvalue weighted by Gasteiger charge is -2.47. The summed E-state index contributed by atoms with van der Waals surface area (Å²) in [7, 11) is 0. The van der Waals surface area contributed by atoms with Crippen LogP contribution in [0.25, 0.3) is 0 Å². The SMILES string of the molecule is CC1(C)CCN(C2(CN)CCCc3ccccc32)CCS1. The van der Waals surface area contributed by atoms with Crippen molar-refractivity contribution in [1.82, 2.24) is 4.90 Å². The molecular weight excluding hydrogens is 276 g/mol. The highest BCUT2D eigenvalue weighted by molar-refractivity contribution is 8.00. The van der Waals surface area contributed by atoms with Crippen molar-refractivity contribution in [1.29, 1.82) is 0 Å². The molecule has 1 atom stereocenters. The molecule has 0 aromatic heterocycles. The highest BCUT2D eigenvalue weighted by atomic mass is 32.2. The zero-order chi connectivity index (χ0) is 14.9. The summed E-state index contributed by atoms with van der Waals surface area (Å²) < 4.78 is 0.402. The van der Waals surface area contributed by atoms with Crippen LogP contribution in [0.3, 0.4) is 0 Å². The molecule has 2 aliphatic rings. The van der Waals surface area contributed by atoms with Crippen LogP contribution in [-0.2, 0) is 12.0 Å². The fourth-order valence-corrected chi connectivity index (χ4v) is 5.12. The minimum Gasteiger partial charge on any atom is -0.328 e. The molecule has 2 nitrogen and oxygen atoms in total. The van der Waals surface area contributed by atoms with Crippen LogP contribution in [-0.4, -0.2) is 35.0 Å². The molecule has 3 rings (SSSR count). The van der Waals surface area contributed by atoms with E-state index in [2.05, 4.69) is 54.8 Å². The molecule has 1 aromatic rings. The Balaban J connectivity index is 1.94. The van der Waals surface area contributed by atoms with Crippen molar-refractivity contribution < 1.29 is 0 Å². The van der Waals surface area contributed by atoms with E-state index < -0.39 is 0 Å². The third-order valence-corrected chi connectivity index (χ3v) is 6.71. The lowest BCUT2D eigenvalue weighted by molar-refractivity contribution is 0.0795. The smallest absolute Gasteiger partial charge is 0.0586 e. The minimum atomic E-state index is 0.0792. The van der Waals surface area contributed by atoms with Crippen molar-refractivity contribution in [2.24, 2.45) is 5.73 Å². The van der Waals surface area contributed by atoms with Gasteiger partial charge in [-0.25, -0.2) is 0 Å². The van der Waals surface area contributed by atoms with Crippen LogP contribution >= 0.6 is 11.8 Å². The first kappa shape index (κ1) is 15.4. The molecule has 0 radical (unpaired) electrons. The molecule has 1 heterocycles. The molecule has 1 unspecified atom stereocenters. The third kappa shape index (κ3) is 2.88. The number of nitrogens with zero attached hydrogens (tertiary/aromatic N) is 1. The quantitative estimate of drug-likeness (QED) is 0.908. The maximum Gasteiger partial charge on any atom is 0.0586 e. The van der Waals surface area contributed by atoms with Gasteiger partial charge in [-0.15, -0.1) is 0 Å². The number of benzene rings is 1. The van der Waals surface area contributed by atoms with E-state index >= 15 is 0 Å². The van der Waals surface area contributed by atoms with Gasteiger partial charge in [-0.3, -0.25) is 4.90 Å². The Kier molecular flexibility index (Phi) is 4.35. The topological polar surface area (TPSA) is 29.3 Å². The lowest BCUT2D eigenvalue weighted by Crippen LogP contribution is -2.54. The summed E-state index contributed by atoms with van der Waals surface area (Å²) in [5, 5.41) is 0. The van der Waals surface area contributed by atoms with Gasteiger partial charge in [-0.2, -0.15) is 11.8 Å². The largest absolute Gasteiger partial charge is 0.328 e. The number of fused-ring (bicyclic) bond motifs is 1. The van der Waals surface area contributed by atoms with E-state index in [9.17, 15) is 0 Å². The standard InChI is InChI=1S/C18H28N2S/c1-17(2)10-11-20(12-13-21-17)18(14-19)9-5-7-15-6-3-4-8-16(15)18/h3-4,6,8H,5,7,9-14,19H2,1-2H3. The maximum atomic E-state index is 6.35. The average Bonchev–Trinajstić information content (AvgIpc) is 2.68. The van der Waals surface area contributed by atoms with Gasteiger partial charge in [0.25, 0.3) is 0 Å². The second-order valence-corrected chi connectivity index (χ2v) is 8.89. The van der Waals surface area contributed by atoms with Gasteiger partial charge in [-0.1, -0.05) is 38.1 Å². The number of aryl methyl sites for hydroxylation is 1. The normalized spacial score (nSPS) is 29.7. The molecule has 1 aromatic carbocycles. The Morgan fingerprint density at radius 2 is 2.00 bits per heavy atom. The van der Waals surface area contributed by atoms with Crippen molar-refractivity contribution >= 4 is 11.8 Å². The van der Waals surface area contributed by atoms with Crippen molar-refractivity contribution in [2.45, 2.75) is 49.8 Å². The van der Waals surface area contributed by atoms with Gasteiger partial charge in [0.05, 0.1) is 5.54 Å². The fourth-order valence-electron chi connectivity index (χ4n) is 4.02. The van der Waals surface area contributed by atoms with E-state index in [-0.39, 0.29) is 5.54 Å². The average molecular weight is 305 g/mol. The summed E-state index contributed by atoms with van der Waals surface area (Å²) >= 11 is 2.12. The van der Waals surface area contributed by atoms with Crippen LogP contribution in [0.5, 0.6) is 0 Å². The summed E-state index contributed by atoms with van der Waals surface area (Å²) in [5.41, 5.74) is 9.46. The monoisotopic (exact) mass is 304 g/mol. The second kappa shape index (κ2) is 5.94. The Bertz CT molecular complexity index is 500. The van der Waals surface area contributed by atoms with Crippen molar-refractivity contribution in [3.63, 3.8) is 0 Å². The predicted octanol–water partition coefficient (Wildman–Crippen LogP) is 3.39. The van der Waals surface area contributed by atoms with E-state index in [0.29, 0.717) is 4.75 Å². The summed E-state index contributed by atoms with van der Waals surface area (Å²) in [4.78, 5) is 2.70. The molecule has 21 heavy (non-hydrogen) atoms. The number of thioether (sulfide) groups is 1. The van der Waals surface area contributed by atoms with E-state index in [1.807, 2.05) is 0 Å². The molecule has 1 saturated heterocycles. The van der Waals surface area contributed by atoms with Gasteiger partial charge in [0.2, 0.25) is 0 Å². The first-order valence-corrected chi connectivity index (χ1v) is 9.23. The molecule has 0 amide bonds. The number of hydrogen-bond donors (Lipinski definition) is 1. The van der Waals surface area contributed by atoms with E-state index in [1.54, 1.807) is 0 Å². The van der Waals surface area contributed by atoms with Crippen molar-refractivity contribution in [3.05, 3.63) is 35.4 Å². The Hall–Kier alpha value is -0.510. The number of nitrogens with two attached hydrogens (primary N) is 1. The molecule has 1 fully saturated rings. The summed E-state index contributed by atoms with van der Waals surface area (Å²) in [6, 6.07) is 8.98. The Morgan fingerprint density at radius 3 is 2.81 bits per heavy atom. The minimum absolute atomic E-state index is 0.0792. The molecule has 0 spiro atoms. The lowest BCUT2D eigenvalue weighted by atomic mass is 9.75. The van der Waals surface area contributed by atoms with Gasteiger partial charge >= 0.3 is 0 Å². The zero-order valence-corrected chi connectivity index (χ0v) is 14.2. The highest BCUT2D eigenvalue weighted by Crippen LogP contribution is 2.42. The van der Waals surface area contributed by atoms with Crippen LogP contribution in [0.2, 0.25) is 0 Å². The van der Waals surface area contributed by atoms with Crippen LogP contribution in [0.1, 0.15) is 44.2 Å².